The van der Waals surface area contributed by atoms with Crippen LogP contribution in [0.15, 0.2) is 35.6 Å². The monoisotopic (exact) mass is 339 g/mol. The third-order valence-electron chi connectivity index (χ3n) is 2.45. The Bertz CT molecular complexity index is 601. The van der Waals surface area contributed by atoms with E-state index >= 15 is 0 Å². The first-order valence-electron chi connectivity index (χ1n) is 5.93. The summed E-state index contributed by atoms with van der Waals surface area (Å²) in [4.78, 5) is 10.5. The molecule has 23 heavy (non-hydrogen) atoms. The Morgan fingerprint density at radius 2 is 1.57 bits per heavy atom. The maximum absolute atomic E-state index is 12.7. The number of nitrogens with zero attached hydrogens (tertiary/aromatic N) is 2. The van der Waals surface area contributed by atoms with Crippen molar-refractivity contribution in [1.29, 1.82) is 0 Å². The first kappa shape index (κ1) is 18.5. The molecule has 1 amide bonds. The normalized spacial score (nSPS) is 13.0. The van der Waals surface area contributed by atoms with E-state index in [1.807, 2.05) is 0 Å². The lowest BCUT2D eigenvalue weighted by molar-refractivity contribution is -0.143. The molecule has 4 nitrogen and oxygen atoms in total. The topological polar surface area (TPSA) is 58.7 Å². The van der Waals surface area contributed by atoms with Gasteiger partial charge in [0, 0.05) is 19.3 Å². The Labute approximate surface area is 126 Å². The van der Waals surface area contributed by atoms with E-state index in [0.29, 0.717) is 12.1 Å². The van der Waals surface area contributed by atoms with E-state index in [2.05, 4.69) is 5.10 Å². The van der Waals surface area contributed by atoms with Crippen molar-refractivity contribution in [2.45, 2.75) is 12.4 Å². The highest BCUT2D eigenvalue weighted by Crippen LogP contribution is 2.36. The number of primary amides is 1. The van der Waals surface area contributed by atoms with Gasteiger partial charge in [-0.25, -0.2) is 0 Å². The number of rotatable bonds is 4. The number of hydrogen-bond donors (Lipinski definition) is 1. The molecular formula is C13H11F6N3O. The second-order valence-electron chi connectivity index (χ2n) is 4.38. The van der Waals surface area contributed by atoms with Crippen molar-refractivity contribution in [3.63, 3.8) is 0 Å². The first-order chi connectivity index (χ1) is 10.4. The summed E-state index contributed by atoms with van der Waals surface area (Å²) in [7, 11) is 1.31. The molecule has 0 atom stereocenters. The predicted octanol–water partition coefficient (Wildman–Crippen LogP) is 2.99. The van der Waals surface area contributed by atoms with Crippen LogP contribution in [-0.4, -0.2) is 24.2 Å². The largest absolute Gasteiger partial charge is 0.416 e. The molecule has 2 N–H and O–H groups in total. The summed E-state index contributed by atoms with van der Waals surface area (Å²) >= 11 is 0. The van der Waals surface area contributed by atoms with Crippen molar-refractivity contribution in [2.24, 2.45) is 10.8 Å². The molecule has 0 aliphatic heterocycles. The molecule has 0 radical (unpaired) electrons. The van der Waals surface area contributed by atoms with Gasteiger partial charge in [0.2, 0.25) is 5.91 Å². The molecule has 10 heteroatoms. The molecular weight excluding hydrogens is 328 g/mol. The minimum atomic E-state index is -4.93. The van der Waals surface area contributed by atoms with E-state index in [1.54, 1.807) is 0 Å². The van der Waals surface area contributed by atoms with Crippen LogP contribution < -0.4 is 5.73 Å². The van der Waals surface area contributed by atoms with E-state index in [9.17, 15) is 31.1 Å². The van der Waals surface area contributed by atoms with Gasteiger partial charge < -0.3 is 5.73 Å². The fourth-order valence-corrected chi connectivity index (χ4v) is 1.43. The first-order valence-corrected chi connectivity index (χ1v) is 5.93. The molecule has 0 spiro atoms. The van der Waals surface area contributed by atoms with E-state index in [1.165, 1.54) is 7.05 Å². The summed E-state index contributed by atoms with van der Waals surface area (Å²) in [5.41, 5.74) is 1.55. The van der Waals surface area contributed by atoms with E-state index in [0.717, 1.165) is 23.5 Å². The van der Waals surface area contributed by atoms with Crippen molar-refractivity contribution in [3.8, 4) is 0 Å². The van der Waals surface area contributed by atoms with Crippen LogP contribution in [0.5, 0.6) is 0 Å². The molecule has 126 valence electrons. The van der Waals surface area contributed by atoms with Crippen LogP contribution in [0.25, 0.3) is 0 Å². The van der Waals surface area contributed by atoms with Crippen molar-refractivity contribution in [3.05, 3.63) is 47.2 Å². The van der Waals surface area contributed by atoms with Crippen LogP contribution in [0.2, 0.25) is 0 Å². The highest BCUT2D eigenvalue weighted by Gasteiger charge is 2.36. The fourth-order valence-electron chi connectivity index (χ4n) is 1.43. The number of benzene rings is 1. The Balaban J connectivity index is 3.18. The zero-order valence-corrected chi connectivity index (χ0v) is 11.6. The molecule has 0 heterocycles. The Hall–Kier alpha value is -2.52. The van der Waals surface area contributed by atoms with Crippen molar-refractivity contribution < 1.29 is 31.1 Å². The zero-order valence-electron chi connectivity index (χ0n) is 11.6. The van der Waals surface area contributed by atoms with Crippen LogP contribution in [0.1, 0.15) is 16.7 Å². The van der Waals surface area contributed by atoms with Crippen molar-refractivity contribution in [2.75, 3.05) is 7.05 Å². The second kappa shape index (κ2) is 6.71. The van der Waals surface area contributed by atoms with Gasteiger partial charge in [-0.2, -0.15) is 31.4 Å². The Morgan fingerprint density at radius 1 is 1.09 bits per heavy atom. The van der Waals surface area contributed by atoms with Crippen LogP contribution in [0.4, 0.5) is 26.3 Å². The molecule has 0 saturated heterocycles. The van der Waals surface area contributed by atoms with E-state index in [4.69, 9.17) is 5.73 Å². The minimum Gasteiger partial charge on any atom is -0.366 e. The number of hydrogen-bond acceptors (Lipinski definition) is 3. The number of nitrogens with two attached hydrogens (primary N) is 1. The number of alkyl halides is 6. The zero-order chi connectivity index (χ0) is 17.8. The predicted molar refractivity (Wildman–Crippen MR) is 70.1 cm³/mol. The molecule has 1 aromatic carbocycles. The third-order valence-corrected chi connectivity index (χ3v) is 2.45. The van der Waals surface area contributed by atoms with E-state index in [-0.39, 0.29) is 6.07 Å². The van der Waals surface area contributed by atoms with Gasteiger partial charge in [0.1, 0.15) is 0 Å². The fraction of sp³-hybridized carbons (Fsp3) is 0.231. The van der Waals surface area contributed by atoms with Crippen LogP contribution in [0, 0.1) is 0 Å². The summed E-state index contributed by atoms with van der Waals surface area (Å²) < 4.78 is 76.0. The maximum Gasteiger partial charge on any atom is 0.416 e. The summed E-state index contributed by atoms with van der Waals surface area (Å²) in [6.45, 7) is 0. The Kier molecular flexibility index (Phi) is 5.41. The van der Waals surface area contributed by atoms with Crippen molar-refractivity contribution in [1.82, 2.24) is 5.01 Å². The lowest BCUT2D eigenvalue weighted by Gasteiger charge is -2.13. The lowest BCUT2D eigenvalue weighted by atomic mass is 10.1. The summed E-state index contributed by atoms with van der Waals surface area (Å²) in [5.74, 6) is -0.787. The average Bonchev–Trinajstić information content (AvgIpc) is 2.40. The highest BCUT2D eigenvalue weighted by atomic mass is 19.4. The quantitative estimate of drug-likeness (QED) is 0.397. The Morgan fingerprint density at radius 3 is 1.96 bits per heavy atom. The van der Waals surface area contributed by atoms with E-state index < -0.39 is 35.0 Å². The standard InChI is InChI=1S/C13H11F6N3O/c1-22(3-2-11(20)23)21-7-8-4-9(12(14,15)16)6-10(5-8)13(17,18)19/h2-7H,1H3,(H2,20,23)/b3-2-,21-7+. The van der Waals surface area contributed by atoms with Gasteiger partial charge in [0.15, 0.2) is 0 Å². The number of hydrazone groups is 1. The molecule has 0 aliphatic rings. The van der Waals surface area contributed by atoms with Gasteiger partial charge in [-0.05, 0) is 23.8 Å². The maximum atomic E-state index is 12.7. The van der Waals surface area contributed by atoms with Crippen molar-refractivity contribution >= 4 is 12.1 Å². The molecule has 0 unspecified atom stereocenters. The van der Waals surface area contributed by atoms with Gasteiger partial charge >= 0.3 is 12.4 Å². The average molecular weight is 339 g/mol. The lowest BCUT2D eigenvalue weighted by Crippen LogP contribution is -2.12. The van der Waals surface area contributed by atoms with Crippen LogP contribution in [-0.2, 0) is 17.1 Å². The SMILES string of the molecule is CN(/C=C\C(N)=O)/N=C/c1cc(C(F)(F)F)cc(C(F)(F)F)c1. The third kappa shape index (κ3) is 6.01. The van der Waals surface area contributed by atoms with Crippen LogP contribution in [0.3, 0.4) is 0 Å². The molecule has 0 saturated carbocycles. The summed E-state index contributed by atoms with van der Waals surface area (Å²) in [6, 6.07) is 1.09. The number of carbonyl (C=O) groups excluding carboxylic acids is 1. The molecule has 1 aromatic rings. The van der Waals surface area contributed by atoms with Gasteiger partial charge in [-0.3, -0.25) is 9.80 Å². The van der Waals surface area contributed by atoms with Gasteiger partial charge in [-0.1, -0.05) is 0 Å². The number of carbonyl (C=O) groups is 1. The molecule has 0 bridgehead atoms. The second-order valence-corrected chi connectivity index (χ2v) is 4.38. The molecule has 0 aromatic heterocycles. The van der Waals surface area contributed by atoms with Gasteiger partial charge in [0.05, 0.1) is 17.3 Å². The molecule has 1 rings (SSSR count). The molecule has 0 fully saturated rings. The minimum absolute atomic E-state index is 0.0219. The molecule has 0 aliphatic carbocycles. The van der Waals surface area contributed by atoms with Gasteiger partial charge in [-0.15, -0.1) is 0 Å². The van der Waals surface area contributed by atoms with Gasteiger partial charge in [0.25, 0.3) is 0 Å². The number of amides is 1. The highest BCUT2D eigenvalue weighted by molar-refractivity contribution is 5.85. The number of halogens is 6. The summed E-state index contributed by atoms with van der Waals surface area (Å²) in [6.07, 6.45) is -7.04. The van der Waals surface area contributed by atoms with Crippen LogP contribution >= 0.6 is 0 Å². The summed E-state index contributed by atoms with van der Waals surface area (Å²) in [5, 5.41) is 4.59. The smallest absolute Gasteiger partial charge is 0.366 e.